The molecule has 0 saturated carbocycles. The molecule has 0 radical (unpaired) electrons. The Hall–Kier alpha value is -1.79. The first-order chi connectivity index (χ1) is 9.69. The molecule has 0 atom stereocenters. The fourth-order valence-electron chi connectivity index (χ4n) is 1.99. The first-order valence-electron chi connectivity index (χ1n) is 6.31. The standard InChI is InChI=1S/C14H13N3OS2/c1-3-11-16-17-14(20-11)15-13(18)12-8(2)9-6-4-5-7-10(9)19-12/h4-7H,3H2,1-2H3,(H,15,17,18). The molecule has 1 amide bonds. The highest BCUT2D eigenvalue weighted by molar-refractivity contribution is 7.21. The predicted molar refractivity (Wildman–Crippen MR) is 83.8 cm³/mol. The van der Waals surface area contributed by atoms with Gasteiger partial charge in [0.2, 0.25) is 5.13 Å². The van der Waals surface area contributed by atoms with Crippen LogP contribution in [0.4, 0.5) is 5.13 Å². The minimum atomic E-state index is -0.109. The topological polar surface area (TPSA) is 54.9 Å². The lowest BCUT2D eigenvalue weighted by Crippen LogP contribution is -2.11. The quantitative estimate of drug-likeness (QED) is 0.799. The number of rotatable bonds is 3. The van der Waals surface area contributed by atoms with E-state index in [1.807, 2.05) is 38.1 Å². The molecule has 0 aliphatic rings. The van der Waals surface area contributed by atoms with Crippen LogP contribution in [0, 0.1) is 6.92 Å². The number of aromatic nitrogens is 2. The summed E-state index contributed by atoms with van der Waals surface area (Å²) >= 11 is 2.93. The summed E-state index contributed by atoms with van der Waals surface area (Å²) in [5, 5.41) is 13.4. The summed E-state index contributed by atoms with van der Waals surface area (Å²) in [7, 11) is 0. The van der Waals surface area contributed by atoms with E-state index in [0.717, 1.165) is 32.0 Å². The van der Waals surface area contributed by atoms with Crippen LogP contribution in [-0.4, -0.2) is 16.1 Å². The molecule has 6 heteroatoms. The SMILES string of the molecule is CCc1nnc(NC(=O)c2sc3ccccc3c2C)s1. The fourth-order valence-corrected chi connectivity index (χ4v) is 3.77. The summed E-state index contributed by atoms with van der Waals surface area (Å²) in [6, 6.07) is 8.04. The number of hydrogen-bond donors (Lipinski definition) is 1. The van der Waals surface area contributed by atoms with E-state index in [9.17, 15) is 4.79 Å². The minimum absolute atomic E-state index is 0.109. The Balaban J connectivity index is 1.90. The molecule has 0 saturated heterocycles. The molecule has 3 aromatic rings. The van der Waals surface area contributed by atoms with Gasteiger partial charge in [-0.25, -0.2) is 0 Å². The summed E-state index contributed by atoms with van der Waals surface area (Å²) in [5.41, 5.74) is 1.02. The normalized spacial score (nSPS) is 10.9. The van der Waals surface area contributed by atoms with Crippen LogP contribution < -0.4 is 5.32 Å². The zero-order valence-electron chi connectivity index (χ0n) is 11.1. The number of anilines is 1. The molecule has 0 aliphatic carbocycles. The lowest BCUT2D eigenvalue weighted by molar-refractivity contribution is 0.103. The van der Waals surface area contributed by atoms with Gasteiger partial charge in [0.25, 0.3) is 5.91 Å². The summed E-state index contributed by atoms with van der Waals surface area (Å²) in [4.78, 5) is 13.1. The van der Waals surface area contributed by atoms with Gasteiger partial charge in [-0.1, -0.05) is 36.5 Å². The second kappa shape index (κ2) is 5.30. The van der Waals surface area contributed by atoms with E-state index in [4.69, 9.17) is 0 Å². The molecule has 0 fully saturated rings. The van der Waals surface area contributed by atoms with Crippen LogP contribution >= 0.6 is 22.7 Å². The van der Waals surface area contributed by atoms with E-state index < -0.39 is 0 Å². The highest BCUT2D eigenvalue weighted by atomic mass is 32.1. The van der Waals surface area contributed by atoms with Gasteiger partial charge in [-0.3, -0.25) is 10.1 Å². The lowest BCUT2D eigenvalue weighted by Gasteiger charge is -1.99. The van der Waals surface area contributed by atoms with Crippen molar-refractivity contribution < 1.29 is 4.79 Å². The molecule has 20 heavy (non-hydrogen) atoms. The maximum Gasteiger partial charge on any atom is 0.267 e. The van der Waals surface area contributed by atoms with Gasteiger partial charge in [0.1, 0.15) is 5.01 Å². The third kappa shape index (κ3) is 2.32. The number of nitrogens with zero attached hydrogens (tertiary/aromatic N) is 2. The maximum absolute atomic E-state index is 12.3. The Morgan fingerprint density at radius 3 is 2.75 bits per heavy atom. The van der Waals surface area contributed by atoms with Crippen molar-refractivity contribution >= 4 is 43.8 Å². The number of carbonyl (C=O) groups is 1. The van der Waals surface area contributed by atoms with Crippen LogP contribution in [0.1, 0.15) is 27.2 Å². The molecule has 1 aromatic carbocycles. The summed E-state index contributed by atoms with van der Waals surface area (Å²) < 4.78 is 1.13. The van der Waals surface area contributed by atoms with Crippen LogP contribution in [0.15, 0.2) is 24.3 Å². The number of hydrogen-bond acceptors (Lipinski definition) is 5. The highest BCUT2D eigenvalue weighted by Crippen LogP contribution is 2.31. The largest absolute Gasteiger partial charge is 0.296 e. The van der Waals surface area contributed by atoms with Crippen molar-refractivity contribution in [1.29, 1.82) is 0 Å². The Morgan fingerprint density at radius 1 is 1.25 bits per heavy atom. The summed E-state index contributed by atoms with van der Waals surface area (Å²) in [6.07, 6.45) is 0.829. The van der Waals surface area contributed by atoms with Gasteiger partial charge >= 0.3 is 0 Å². The van der Waals surface area contributed by atoms with Gasteiger partial charge in [0.05, 0.1) is 4.88 Å². The number of fused-ring (bicyclic) bond motifs is 1. The third-order valence-corrected chi connectivity index (χ3v) is 5.29. The zero-order chi connectivity index (χ0) is 14.1. The Morgan fingerprint density at radius 2 is 2.05 bits per heavy atom. The average molecular weight is 303 g/mol. The van der Waals surface area contributed by atoms with E-state index in [1.54, 1.807) is 0 Å². The van der Waals surface area contributed by atoms with Crippen molar-refractivity contribution in [3.05, 3.63) is 39.7 Å². The molecule has 0 spiro atoms. The van der Waals surface area contributed by atoms with Gasteiger partial charge in [-0.05, 0) is 30.4 Å². The predicted octanol–water partition coefficient (Wildman–Crippen LogP) is 3.88. The number of benzene rings is 1. The van der Waals surface area contributed by atoms with Crippen molar-refractivity contribution in [1.82, 2.24) is 10.2 Å². The Kier molecular flexibility index (Phi) is 3.50. The van der Waals surface area contributed by atoms with E-state index in [-0.39, 0.29) is 5.91 Å². The fraction of sp³-hybridized carbons (Fsp3) is 0.214. The molecule has 3 rings (SSSR count). The molecular formula is C14H13N3OS2. The molecule has 2 aromatic heterocycles. The first kappa shape index (κ1) is 13.2. The van der Waals surface area contributed by atoms with Crippen LogP contribution in [0.5, 0.6) is 0 Å². The van der Waals surface area contributed by atoms with Gasteiger partial charge < -0.3 is 0 Å². The monoisotopic (exact) mass is 303 g/mol. The number of nitrogens with one attached hydrogen (secondary N) is 1. The average Bonchev–Trinajstić information content (AvgIpc) is 3.04. The molecule has 4 nitrogen and oxygen atoms in total. The molecule has 0 bridgehead atoms. The third-order valence-electron chi connectivity index (χ3n) is 3.04. The van der Waals surface area contributed by atoms with Gasteiger partial charge in [-0.2, -0.15) is 0 Å². The highest BCUT2D eigenvalue weighted by Gasteiger charge is 2.16. The van der Waals surface area contributed by atoms with Crippen LogP contribution in [-0.2, 0) is 6.42 Å². The molecule has 1 N–H and O–H groups in total. The van der Waals surface area contributed by atoms with E-state index in [1.165, 1.54) is 22.7 Å². The van der Waals surface area contributed by atoms with E-state index in [0.29, 0.717) is 5.13 Å². The number of amides is 1. The second-order valence-corrected chi connectivity index (χ2v) is 6.48. The minimum Gasteiger partial charge on any atom is -0.296 e. The van der Waals surface area contributed by atoms with Crippen LogP contribution in [0.2, 0.25) is 0 Å². The van der Waals surface area contributed by atoms with Gasteiger partial charge in [0, 0.05) is 4.70 Å². The lowest BCUT2D eigenvalue weighted by atomic mass is 10.1. The molecule has 2 heterocycles. The number of thiophene rings is 1. The van der Waals surface area contributed by atoms with Crippen molar-refractivity contribution in [3.8, 4) is 0 Å². The second-order valence-electron chi connectivity index (χ2n) is 4.36. The van der Waals surface area contributed by atoms with E-state index in [2.05, 4.69) is 15.5 Å². The van der Waals surface area contributed by atoms with Crippen molar-refractivity contribution in [2.45, 2.75) is 20.3 Å². The Labute approximate surface area is 124 Å². The molecular weight excluding hydrogens is 290 g/mol. The summed E-state index contributed by atoms with van der Waals surface area (Å²) in [5.74, 6) is -0.109. The summed E-state index contributed by atoms with van der Waals surface area (Å²) in [6.45, 7) is 3.99. The zero-order valence-corrected chi connectivity index (χ0v) is 12.8. The first-order valence-corrected chi connectivity index (χ1v) is 7.94. The number of aryl methyl sites for hydroxylation is 2. The van der Waals surface area contributed by atoms with Gasteiger partial charge in [0.15, 0.2) is 0 Å². The van der Waals surface area contributed by atoms with Crippen molar-refractivity contribution in [2.75, 3.05) is 5.32 Å². The maximum atomic E-state index is 12.3. The smallest absolute Gasteiger partial charge is 0.267 e. The van der Waals surface area contributed by atoms with Crippen molar-refractivity contribution in [2.24, 2.45) is 0 Å². The van der Waals surface area contributed by atoms with Crippen molar-refractivity contribution in [3.63, 3.8) is 0 Å². The molecule has 0 unspecified atom stereocenters. The van der Waals surface area contributed by atoms with Crippen LogP contribution in [0.3, 0.4) is 0 Å². The Bertz CT molecular complexity index is 776. The van der Waals surface area contributed by atoms with Gasteiger partial charge in [-0.15, -0.1) is 21.5 Å². The van der Waals surface area contributed by atoms with Crippen LogP contribution in [0.25, 0.3) is 10.1 Å². The molecule has 102 valence electrons. The number of carbonyl (C=O) groups excluding carboxylic acids is 1. The molecule has 0 aliphatic heterocycles. The van der Waals surface area contributed by atoms with E-state index >= 15 is 0 Å².